The standard InChI is InChI=1S/C23H16F6O6S4/c1-10-16(14-5-3-12(38(30,31)32)7-18(14)36-10)9-17(22(26,27)23(28,29)21(24)25)20-11(2)37-19-8-13(39(33,34)35)4-6-15(19)20/h3-9,21H,1-2H3,(H,30,31,32)(H,33,34,35)/b17-9-. The van der Waals surface area contributed by atoms with Crippen molar-refractivity contribution in [1.29, 1.82) is 0 Å². The quantitative estimate of drug-likeness (QED) is 0.164. The first-order valence-electron chi connectivity index (χ1n) is 10.5. The highest BCUT2D eigenvalue weighted by molar-refractivity contribution is 7.86. The predicted octanol–water partition coefficient (Wildman–Crippen LogP) is 7.30. The second-order valence-electron chi connectivity index (χ2n) is 8.43. The summed E-state index contributed by atoms with van der Waals surface area (Å²) in [4.78, 5) is -0.875. The molecule has 0 aliphatic rings. The third-order valence-electron chi connectivity index (χ3n) is 5.91. The van der Waals surface area contributed by atoms with E-state index in [9.17, 15) is 43.5 Å². The van der Waals surface area contributed by atoms with Crippen LogP contribution in [-0.2, 0) is 20.2 Å². The molecule has 0 atom stereocenters. The number of alkyl halides is 6. The van der Waals surface area contributed by atoms with Gasteiger partial charge in [0.15, 0.2) is 0 Å². The van der Waals surface area contributed by atoms with E-state index in [0.29, 0.717) is 6.08 Å². The van der Waals surface area contributed by atoms with Crippen molar-refractivity contribution in [2.24, 2.45) is 0 Å². The molecule has 0 saturated heterocycles. The molecule has 6 nitrogen and oxygen atoms in total. The van der Waals surface area contributed by atoms with E-state index in [1.54, 1.807) is 0 Å². The number of halogens is 6. The van der Waals surface area contributed by atoms with Crippen LogP contribution < -0.4 is 0 Å². The Balaban J connectivity index is 2.08. The molecule has 0 aliphatic heterocycles. The molecule has 0 amide bonds. The van der Waals surface area contributed by atoms with Gasteiger partial charge in [-0.1, -0.05) is 12.1 Å². The number of thiophene rings is 2. The highest BCUT2D eigenvalue weighted by Crippen LogP contribution is 2.52. The smallest absolute Gasteiger partial charge is 0.282 e. The summed E-state index contributed by atoms with van der Waals surface area (Å²) >= 11 is 1.62. The van der Waals surface area contributed by atoms with Gasteiger partial charge in [-0.05, 0) is 49.8 Å². The van der Waals surface area contributed by atoms with E-state index in [-0.39, 0.29) is 35.5 Å². The summed E-state index contributed by atoms with van der Waals surface area (Å²) in [6, 6.07) is 5.97. The first-order chi connectivity index (χ1) is 17.8. The molecule has 0 saturated carbocycles. The molecule has 0 bridgehead atoms. The minimum absolute atomic E-state index is 0.00406. The Labute approximate surface area is 225 Å². The minimum atomic E-state index is -5.81. The summed E-state index contributed by atoms with van der Waals surface area (Å²) in [6.07, 6.45) is -4.12. The van der Waals surface area contributed by atoms with Crippen molar-refractivity contribution < 1.29 is 52.3 Å². The Kier molecular flexibility index (Phi) is 7.22. The number of allylic oxidation sites excluding steroid dienone is 1. The van der Waals surface area contributed by atoms with E-state index < -0.39 is 59.4 Å². The lowest BCUT2D eigenvalue weighted by atomic mass is 9.90. The van der Waals surface area contributed by atoms with Crippen LogP contribution in [0.5, 0.6) is 0 Å². The van der Waals surface area contributed by atoms with Crippen molar-refractivity contribution in [1.82, 2.24) is 0 Å². The lowest BCUT2D eigenvalue weighted by Gasteiger charge is -2.28. The molecule has 0 spiro atoms. The van der Waals surface area contributed by atoms with Gasteiger partial charge < -0.3 is 0 Å². The van der Waals surface area contributed by atoms with E-state index in [4.69, 9.17) is 0 Å². The average Bonchev–Trinajstić information content (AvgIpc) is 3.29. The molecule has 0 aliphatic carbocycles. The van der Waals surface area contributed by atoms with Crippen molar-refractivity contribution >= 4 is 74.7 Å². The van der Waals surface area contributed by atoms with E-state index in [0.717, 1.165) is 59.1 Å². The second-order valence-corrected chi connectivity index (χ2v) is 13.8. The fourth-order valence-corrected chi connectivity index (χ4v) is 7.40. The first kappa shape index (κ1) is 29.5. The van der Waals surface area contributed by atoms with Crippen LogP contribution in [0.25, 0.3) is 31.8 Å². The van der Waals surface area contributed by atoms with Crippen LogP contribution in [0.1, 0.15) is 20.9 Å². The van der Waals surface area contributed by atoms with Crippen LogP contribution >= 0.6 is 22.7 Å². The topological polar surface area (TPSA) is 109 Å². The van der Waals surface area contributed by atoms with Gasteiger partial charge >= 0.3 is 18.3 Å². The Morgan fingerprint density at radius 3 is 1.77 bits per heavy atom. The Hall–Kier alpha value is -2.50. The van der Waals surface area contributed by atoms with Gasteiger partial charge in [-0.15, -0.1) is 22.7 Å². The molecule has 39 heavy (non-hydrogen) atoms. The number of hydrogen-bond donors (Lipinski definition) is 2. The van der Waals surface area contributed by atoms with Crippen LogP contribution in [0.3, 0.4) is 0 Å². The Bertz CT molecular complexity index is 1870. The number of fused-ring (bicyclic) bond motifs is 2. The van der Waals surface area contributed by atoms with Crippen LogP contribution in [0.4, 0.5) is 26.3 Å². The maximum absolute atomic E-state index is 15.5. The van der Waals surface area contributed by atoms with E-state index in [1.165, 1.54) is 13.8 Å². The molecule has 4 rings (SSSR count). The zero-order chi connectivity index (χ0) is 29.3. The van der Waals surface area contributed by atoms with Gasteiger partial charge in [-0.2, -0.15) is 34.4 Å². The van der Waals surface area contributed by atoms with Crippen LogP contribution in [0.15, 0.2) is 46.2 Å². The fraction of sp³-hybridized carbons (Fsp3) is 0.217. The van der Waals surface area contributed by atoms with Crippen molar-refractivity contribution in [2.45, 2.75) is 41.9 Å². The Morgan fingerprint density at radius 2 is 1.28 bits per heavy atom. The van der Waals surface area contributed by atoms with Gasteiger partial charge in [-0.25, -0.2) is 8.78 Å². The fourth-order valence-electron chi connectivity index (χ4n) is 4.03. The summed E-state index contributed by atoms with van der Waals surface area (Å²) in [6.45, 7) is 2.68. The van der Waals surface area contributed by atoms with Crippen molar-refractivity contribution in [2.75, 3.05) is 0 Å². The van der Waals surface area contributed by atoms with Gasteiger partial charge in [0, 0.05) is 41.1 Å². The van der Waals surface area contributed by atoms with Crippen molar-refractivity contribution in [3.63, 3.8) is 0 Å². The molecule has 16 heteroatoms. The van der Waals surface area contributed by atoms with Crippen LogP contribution in [-0.4, -0.2) is 44.2 Å². The highest BCUT2D eigenvalue weighted by atomic mass is 32.2. The van der Waals surface area contributed by atoms with Gasteiger partial charge in [0.1, 0.15) is 0 Å². The molecule has 0 radical (unpaired) electrons. The molecule has 2 aromatic heterocycles. The summed E-state index contributed by atoms with van der Waals surface area (Å²) in [7, 11) is -9.32. The Morgan fingerprint density at radius 1 is 0.821 bits per heavy atom. The zero-order valence-electron chi connectivity index (χ0n) is 19.5. The van der Waals surface area contributed by atoms with Crippen LogP contribution in [0.2, 0.25) is 0 Å². The summed E-state index contributed by atoms with van der Waals surface area (Å²) in [5.74, 6) is -11.2. The number of benzene rings is 2. The molecule has 2 aromatic carbocycles. The van der Waals surface area contributed by atoms with Gasteiger partial charge in [-0.3, -0.25) is 9.11 Å². The number of hydrogen-bond acceptors (Lipinski definition) is 6. The van der Waals surface area contributed by atoms with E-state index in [1.807, 2.05) is 0 Å². The molecular weight excluding hydrogens is 615 g/mol. The van der Waals surface area contributed by atoms with Crippen molar-refractivity contribution in [3.8, 4) is 0 Å². The monoisotopic (exact) mass is 630 g/mol. The largest absolute Gasteiger partial charge is 0.373 e. The van der Waals surface area contributed by atoms with Gasteiger partial charge in [0.25, 0.3) is 20.2 Å². The number of aryl methyl sites for hydroxylation is 2. The third-order valence-corrected chi connectivity index (χ3v) is 9.76. The van der Waals surface area contributed by atoms with Crippen molar-refractivity contribution in [3.05, 3.63) is 57.3 Å². The number of rotatable bonds is 7. The lowest BCUT2D eigenvalue weighted by Crippen LogP contribution is -2.47. The molecule has 210 valence electrons. The average molecular weight is 631 g/mol. The van der Waals surface area contributed by atoms with E-state index in [2.05, 4.69) is 0 Å². The van der Waals surface area contributed by atoms with Crippen LogP contribution in [0, 0.1) is 13.8 Å². The third kappa shape index (κ3) is 5.09. The zero-order valence-corrected chi connectivity index (χ0v) is 22.8. The second kappa shape index (κ2) is 9.55. The van der Waals surface area contributed by atoms with Gasteiger partial charge in [0.2, 0.25) is 0 Å². The molecule has 0 unspecified atom stereocenters. The normalized spacial score (nSPS) is 14.2. The predicted molar refractivity (Wildman–Crippen MR) is 137 cm³/mol. The van der Waals surface area contributed by atoms with E-state index >= 15 is 8.78 Å². The molecule has 0 fully saturated rings. The molecule has 2 heterocycles. The maximum atomic E-state index is 15.5. The summed E-state index contributed by atoms with van der Waals surface area (Å²) in [5.41, 5.74) is -2.08. The first-order valence-corrected chi connectivity index (χ1v) is 15.1. The molecular formula is C23H16F6O6S4. The van der Waals surface area contributed by atoms with Gasteiger partial charge in [0.05, 0.1) is 9.79 Å². The summed E-state index contributed by atoms with van der Waals surface area (Å²) < 4.78 is 151. The minimum Gasteiger partial charge on any atom is -0.282 e. The molecule has 2 N–H and O–H groups in total. The SMILES string of the molecule is Cc1sc2cc(S(=O)(=O)O)ccc2c1/C=C(/c1c(C)sc2cc(S(=O)(=O)O)ccc12)C(F)(F)C(F)(F)C(F)F. The molecule has 4 aromatic rings. The maximum Gasteiger partial charge on any atom is 0.373 e. The summed E-state index contributed by atoms with van der Waals surface area (Å²) in [5, 5.41) is -0.0175. The highest BCUT2D eigenvalue weighted by Gasteiger charge is 2.65. The lowest BCUT2D eigenvalue weighted by molar-refractivity contribution is -0.236.